The van der Waals surface area contributed by atoms with Crippen molar-refractivity contribution in [2.24, 2.45) is 0 Å². The molecule has 1 aromatic heterocycles. The first-order valence-electron chi connectivity index (χ1n) is 10.7. The van der Waals surface area contributed by atoms with Crippen LogP contribution in [0.15, 0.2) is 23.0 Å². The van der Waals surface area contributed by atoms with Crippen LogP contribution >= 0.6 is 12.2 Å². The molecule has 0 bridgehead atoms. The van der Waals surface area contributed by atoms with Gasteiger partial charge in [0.2, 0.25) is 0 Å². The molecule has 158 valence electrons. The van der Waals surface area contributed by atoms with Crippen molar-refractivity contribution in [1.82, 2.24) is 20.1 Å². The quantitative estimate of drug-likeness (QED) is 0.534. The molecule has 2 aromatic rings. The van der Waals surface area contributed by atoms with E-state index in [1.54, 1.807) is 0 Å². The van der Waals surface area contributed by atoms with Crippen LogP contribution in [0.2, 0.25) is 0 Å². The molecule has 3 rings (SSSR count). The van der Waals surface area contributed by atoms with Gasteiger partial charge >= 0.3 is 0 Å². The molecule has 2 N–H and O–H groups in total. The van der Waals surface area contributed by atoms with Gasteiger partial charge in [0.25, 0.3) is 5.56 Å². The van der Waals surface area contributed by atoms with Crippen molar-refractivity contribution in [3.05, 3.63) is 45.2 Å². The lowest BCUT2D eigenvalue weighted by Gasteiger charge is -2.31. The summed E-state index contributed by atoms with van der Waals surface area (Å²) in [5.41, 5.74) is 4.10. The number of nitrogens with one attached hydrogen (secondary N) is 2. The number of benzene rings is 1. The Kier molecular flexibility index (Phi) is 7.30. The first-order chi connectivity index (χ1) is 13.8. The van der Waals surface area contributed by atoms with Gasteiger partial charge in [0, 0.05) is 23.7 Å². The van der Waals surface area contributed by atoms with E-state index in [9.17, 15) is 4.79 Å². The molecule has 1 aliphatic carbocycles. The second-order valence-electron chi connectivity index (χ2n) is 8.60. The molecule has 0 aliphatic heterocycles. The van der Waals surface area contributed by atoms with Gasteiger partial charge in [0.1, 0.15) is 0 Å². The van der Waals surface area contributed by atoms with E-state index in [0.29, 0.717) is 12.6 Å². The van der Waals surface area contributed by atoms with Gasteiger partial charge in [-0.25, -0.2) is 0 Å². The van der Waals surface area contributed by atoms with Gasteiger partial charge in [-0.1, -0.05) is 12.8 Å². The number of hydrogen-bond acceptors (Lipinski definition) is 3. The predicted molar refractivity (Wildman–Crippen MR) is 126 cm³/mol. The molecule has 0 amide bonds. The Morgan fingerprint density at radius 2 is 1.86 bits per heavy atom. The number of H-pyrrole nitrogens is 1. The van der Waals surface area contributed by atoms with E-state index in [1.165, 1.54) is 24.0 Å². The summed E-state index contributed by atoms with van der Waals surface area (Å²) in [4.78, 5) is 20.3. The number of rotatable bonds is 7. The van der Waals surface area contributed by atoms with Crippen molar-refractivity contribution < 1.29 is 0 Å². The summed E-state index contributed by atoms with van der Waals surface area (Å²) in [6.07, 6.45) is 5.79. The average molecular weight is 415 g/mol. The highest BCUT2D eigenvalue weighted by atomic mass is 32.1. The molecule has 1 aromatic carbocycles. The Morgan fingerprint density at radius 1 is 1.17 bits per heavy atom. The number of aromatic nitrogens is 1. The third kappa shape index (κ3) is 5.58. The molecule has 1 fully saturated rings. The van der Waals surface area contributed by atoms with E-state index in [0.717, 1.165) is 53.9 Å². The van der Waals surface area contributed by atoms with Gasteiger partial charge in [0.15, 0.2) is 5.11 Å². The van der Waals surface area contributed by atoms with Crippen LogP contribution in [0.3, 0.4) is 0 Å². The Hall–Kier alpha value is -1.92. The molecular formula is C23H34N4OS. The fraction of sp³-hybridized carbons (Fsp3) is 0.565. The topological polar surface area (TPSA) is 51.4 Å². The Balaban J connectivity index is 1.80. The summed E-state index contributed by atoms with van der Waals surface area (Å²) in [6.45, 7) is 6.62. The van der Waals surface area contributed by atoms with Crippen LogP contribution in [-0.4, -0.2) is 53.1 Å². The van der Waals surface area contributed by atoms with E-state index in [2.05, 4.69) is 60.2 Å². The van der Waals surface area contributed by atoms with E-state index < -0.39 is 0 Å². The maximum absolute atomic E-state index is 12.8. The molecular weight excluding hydrogens is 380 g/mol. The molecule has 1 heterocycles. The minimum atomic E-state index is -0.0147. The van der Waals surface area contributed by atoms with Gasteiger partial charge < -0.3 is 20.1 Å². The standard InChI is InChI=1S/C23H34N4OS/c1-16-12-18-14-19(22(28)25-21(18)13-17(16)2)15-27(20-8-5-6-9-20)23(29)24-10-7-11-26(3)4/h12-14,20H,5-11,15H2,1-4H3,(H,24,29)(H,25,28). The van der Waals surface area contributed by atoms with Gasteiger partial charge in [-0.3, -0.25) is 4.79 Å². The third-order valence-electron chi connectivity index (χ3n) is 5.96. The van der Waals surface area contributed by atoms with Crippen molar-refractivity contribution in [1.29, 1.82) is 0 Å². The fourth-order valence-electron chi connectivity index (χ4n) is 4.10. The van der Waals surface area contributed by atoms with E-state index in [4.69, 9.17) is 12.2 Å². The second-order valence-corrected chi connectivity index (χ2v) is 8.99. The Morgan fingerprint density at radius 3 is 2.55 bits per heavy atom. The third-order valence-corrected chi connectivity index (χ3v) is 6.34. The minimum Gasteiger partial charge on any atom is -0.363 e. The SMILES string of the molecule is Cc1cc2cc(CN(C(=S)NCCCN(C)C)C3CCCC3)c(=O)[nH]c2cc1C. The van der Waals surface area contributed by atoms with Gasteiger partial charge in [0.05, 0.1) is 6.54 Å². The van der Waals surface area contributed by atoms with Crippen LogP contribution in [0.1, 0.15) is 48.8 Å². The summed E-state index contributed by atoms with van der Waals surface area (Å²) >= 11 is 5.76. The number of fused-ring (bicyclic) bond motifs is 1. The highest BCUT2D eigenvalue weighted by molar-refractivity contribution is 7.80. The number of hydrogen-bond donors (Lipinski definition) is 2. The normalized spacial score (nSPS) is 14.7. The van der Waals surface area contributed by atoms with Crippen molar-refractivity contribution in [2.75, 3.05) is 27.2 Å². The molecule has 0 unspecified atom stereocenters. The summed E-state index contributed by atoms with van der Waals surface area (Å²) < 4.78 is 0. The van der Waals surface area contributed by atoms with Crippen LogP contribution in [-0.2, 0) is 6.54 Å². The first kappa shape index (κ1) is 21.8. The number of aromatic amines is 1. The van der Waals surface area contributed by atoms with Gasteiger partial charge in [-0.05, 0) is 101 Å². The number of pyridine rings is 1. The maximum Gasteiger partial charge on any atom is 0.253 e. The lowest BCUT2D eigenvalue weighted by Crippen LogP contribution is -2.45. The molecule has 6 heteroatoms. The van der Waals surface area contributed by atoms with Crippen LogP contribution in [0, 0.1) is 13.8 Å². The van der Waals surface area contributed by atoms with Crippen LogP contribution < -0.4 is 10.9 Å². The lowest BCUT2D eigenvalue weighted by molar-refractivity contribution is 0.301. The molecule has 5 nitrogen and oxygen atoms in total. The summed E-state index contributed by atoms with van der Waals surface area (Å²) in [6, 6.07) is 6.67. The summed E-state index contributed by atoms with van der Waals surface area (Å²) in [5, 5.41) is 5.28. The lowest BCUT2D eigenvalue weighted by atomic mass is 10.0. The highest BCUT2D eigenvalue weighted by Gasteiger charge is 2.25. The van der Waals surface area contributed by atoms with Crippen LogP contribution in [0.5, 0.6) is 0 Å². The number of nitrogens with zero attached hydrogens (tertiary/aromatic N) is 2. The highest BCUT2D eigenvalue weighted by Crippen LogP contribution is 2.25. The van der Waals surface area contributed by atoms with Gasteiger partial charge in [-0.2, -0.15) is 0 Å². The van der Waals surface area contributed by atoms with Gasteiger partial charge in [-0.15, -0.1) is 0 Å². The molecule has 29 heavy (non-hydrogen) atoms. The average Bonchev–Trinajstić information content (AvgIpc) is 3.19. The van der Waals surface area contributed by atoms with Crippen LogP contribution in [0.4, 0.5) is 0 Å². The molecule has 1 saturated carbocycles. The van der Waals surface area contributed by atoms with Crippen molar-refractivity contribution >= 4 is 28.2 Å². The Bertz CT molecular complexity index is 915. The smallest absolute Gasteiger partial charge is 0.253 e. The molecule has 1 aliphatic rings. The molecule has 0 radical (unpaired) electrons. The number of aryl methyl sites for hydroxylation is 2. The fourth-order valence-corrected chi connectivity index (χ4v) is 4.41. The van der Waals surface area contributed by atoms with E-state index in [1.807, 2.05) is 6.07 Å². The molecule has 0 saturated heterocycles. The summed E-state index contributed by atoms with van der Waals surface area (Å²) in [7, 11) is 4.16. The van der Waals surface area contributed by atoms with Crippen molar-refractivity contribution in [2.45, 2.75) is 58.5 Å². The predicted octanol–water partition coefficient (Wildman–Crippen LogP) is 3.72. The maximum atomic E-state index is 12.8. The monoisotopic (exact) mass is 414 g/mol. The largest absolute Gasteiger partial charge is 0.363 e. The summed E-state index contributed by atoms with van der Waals surface area (Å²) in [5.74, 6) is 0. The molecule has 0 atom stereocenters. The van der Waals surface area contributed by atoms with Crippen molar-refractivity contribution in [3.8, 4) is 0 Å². The Labute approximate surface area is 179 Å². The van der Waals surface area contributed by atoms with Crippen LogP contribution in [0.25, 0.3) is 10.9 Å². The zero-order valence-corrected chi connectivity index (χ0v) is 19.0. The second kappa shape index (κ2) is 9.72. The first-order valence-corrected chi connectivity index (χ1v) is 11.1. The molecule has 0 spiro atoms. The minimum absolute atomic E-state index is 0.0147. The number of thiocarbonyl (C=S) groups is 1. The van der Waals surface area contributed by atoms with E-state index >= 15 is 0 Å². The zero-order chi connectivity index (χ0) is 21.0. The zero-order valence-electron chi connectivity index (χ0n) is 18.2. The van der Waals surface area contributed by atoms with Crippen molar-refractivity contribution in [3.63, 3.8) is 0 Å². The van der Waals surface area contributed by atoms with E-state index in [-0.39, 0.29) is 5.56 Å².